The minimum absolute atomic E-state index is 0.0451. The van der Waals surface area contributed by atoms with Gasteiger partial charge in [-0.25, -0.2) is 4.98 Å². The van der Waals surface area contributed by atoms with E-state index in [1.54, 1.807) is 13.0 Å². The first-order chi connectivity index (χ1) is 9.90. The molecule has 2 N–H and O–H groups in total. The smallest absolute Gasteiger partial charge is 0.305 e. The van der Waals surface area contributed by atoms with Crippen molar-refractivity contribution in [1.29, 1.82) is 0 Å². The van der Waals surface area contributed by atoms with Gasteiger partial charge in [0.2, 0.25) is 0 Å². The molecule has 1 saturated carbocycles. The standard InChI is InChI=1S/C15H19ClN2O3/c1-10-7-11(8-12(16)17-10)14(21)18-15(9-13(19)20)5-3-2-4-6-15/h7-8H,2-6,9H2,1H3,(H,18,21)(H,19,20). The van der Waals surface area contributed by atoms with Gasteiger partial charge in [-0.05, 0) is 31.9 Å². The van der Waals surface area contributed by atoms with Crippen molar-refractivity contribution in [1.82, 2.24) is 10.3 Å². The number of amides is 1. The van der Waals surface area contributed by atoms with Crippen LogP contribution in [0.15, 0.2) is 12.1 Å². The van der Waals surface area contributed by atoms with Crippen LogP contribution in [0.1, 0.15) is 54.6 Å². The van der Waals surface area contributed by atoms with Crippen molar-refractivity contribution in [3.8, 4) is 0 Å². The van der Waals surface area contributed by atoms with Crippen molar-refractivity contribution in [3.05, 3.63) is 28.5 Å². The third-order valence-electron chi connectivity index (χ3n) is 3.86. The maximum atomic E-state index is 12.4. The summed E-state index contributed by atoms with van der Waals surface area (Å²) in [5, 5.41) is 12.3. The second-order valence-electron chi connectivity index (χ2n) is 5.69. The van der Waals surface area contributed by atoms with Crippen LogP contribution in [0.25, 0.3) is 0 Å². The Bertz CT molecular complexity index is 534. The molecule has 0 aromatic carbocycles. The minimum Gasteiger partial charge on any atom is -0.481 e. The van der Waals surface area contributed by atoms with Crippen molar-refractivity contribution >= 4 is 23.5 Å². The summed E-state index contributed by atoms with van der Waals surface area (Å²) in [7, 11) is 0. The van der Waals surface area contributed by atoms with Gasteiger partial charge in [-0.15, -0.1) is 0 Å². The Labute approximate surface area is 128 Å². The molecular weight excluding hydrogens is 292 g/mol. The quantitative estimate of drug-likeness (QED) is 0.838. The molecule has 114 valence electrons. The molecule has 5 nitrogen and oxygen atoms in total. The Kier molecular flexibility index (Phi) is 4.83. The molecule has 0 atom stereocenters. The van der Waals surface area contributed by atoms with Crippen LogP contribution in [0.2, 0.25) is 5.15 Å². The summed E-state index contributed by atoms with van der Waals surface area (Å²) in [4.78, 5) is 27.6. The Balaban J connectivity index is 2.19. The lowest BCUT2D eigenvalue weighted by atomic mass is 9.79. The molecule has 1 aliphatic rings. The van der Waals surface area contributed by atoms with Gasteiger partial charge in [0.1, 0.15) is 5.15 Å². The third kappa shape index (κ3) is 4.17. The van der Waals surface area contributed by atoms with E-state index in [0.29, 0.717) is 24.1 Å². The van der Waals surface area contributed by atoms with E-state index in [1.165, 1.54) is 6.07 Å². The maximum Gasteiger partial charge on any atom is 0.305 e. The van der Waals surface area contributed by atoms with Crippen molar-refractivity contribution in [3.63, 3.8) is 0 Å². The fourth-order valence-electron chi connectivity index (χ4n) is 2.94. The normalized spacial score (nSPS) is 17.2. The number of carboxylic acid groups (broad SMARTS) is 1. The number of aromatic nitrogens is 1. The lowest BCUT2D eigenvalue weighted by molar-refractivity contribution is -0.139. The molecule has 1 fully saturated rings. The van der Waals surface area contributed by atoms with E-state index < -0.39 is 11.5 Å². The molecule has 0 unspecified atom stereocenters. The lowest BCUT2D eigenvalue weighted by Gasteiger charge is -2.37. The fraction of sp³-hybridized carbons (Fsp3) is 0.533. The van der Waals surface area contributed by atoms with Crippen molar-refractivity contribution in [2.45, 2.75) is 51.0 Å². The number of hydrogen-bond donors (Lipinski definition) is 2. The first kappa shape index (κ1) is 15.8. The van der Waals surface area contributed by atoms with Gasteiger partial charge in [-0.1, -0.05) is 30.9 Å². The maximum absolute atomic E-state index is 12.4. The van der Waals surface area contributed by atoms with E-state index in [4.69, 9.17) is 16.7 Å². The Hall–Kier alpha value is -1.62. The second kappa shape index (κ2) is 6.43. The number of carbonyl (C=O) groups excluding carboxylic acids is 1. The van der Waals surface area contributed by atoms with Gasteiger partial charge in [0, 0.05) is 11.3 Å². The van der Waals surface area contributed by atoms with Crippen LogP contribution in [-0.4, -0.2) is 27.5 Å². The number of hydrogen-bond acceptors (Lipinski definition) is 3. The molecule has 1 heterocycles. The lowest BCUT2D eigenvalue weighted by Crippen LogP contribution is -2.51. The highest BCUT2D eigenvalue weighted by atomic mass is 35.5. The molecule has 6 heteroatoms. The van der Waals surface area contributed by atoms with Crippen LogP contribution >= 0.6 is 11.6 Å². The largest absolute Gasteiger partial charge is 0.481 e. The van der Waals surface area contributed by atoms with Crippen LogP contribution in [-0.2, 0) is 4.79 Å². The number of aliphatic carboxylic acids is 1. The van der Waals surface area contributed by atoms with Gasteiger partial charge in [-0.2, -0.15) is 0 Å². The number of pyridine rings is 1. The highest BCUT2D eigenvalue weighted by Crippen LogP contribution is 2.31. The monoisotopic (exact) mass is 310 g/mol. The molecule has 0 aliphatic heterocycles. The summed E-state index contributed by atoms with van der Waals surface area (Å²) < 4.78 is 0. The average molecular weight is 311 g/mol. The number of carbonyl (C=O) groups is 2. The predicted molar refractivity (Wildman–Crippen MR) is 79.5 cm³/mol. The average Bonchev–Trinajstić information content (AvgIpc) is 2.37. The summed E-state index contributed by atoms with van der Waals surface area (Å²) in [5.74, 6) is -1.17. The summed E-state index contributed by atoms with van der Waals surface area (Å²) >= 11 is 5.87. The van der Waals surface area contributed by atoms with Crippen LogP contribution in [0.4, 0.5) is 0 Å². The first-order valence-electron chi connectivity index (χ1n) is 7.09. The Morgan fingerprint density at radius 3 is 2.57 bits per heavy atom. The summed E-state index contributed by atoms with van der Waals surface area (Å²) in [5.41, 5.74) is 0.427. The first-order valence-corrected chi connectivity index (χ1v) is 7.46. The van der Waals surface area contributed by atoms with Crippen LogP contribution in [0, 0.1) is 6.92 Å². The van der Waals surface area contributed by atoms with E-state index in [-0.39, 0.29) is 17.5 Å². The molecule has 1 aliphatic carbocycles. The van der Waals surface area contributed by atoms with E-state index in [1.807, 2.05) is 0 Å². The number of nitrogens with one attached hydrogen (secondary N) is 1. The third-order valence-corrected chi connectivity index (χ3v) is 4.06. The summed E-state index contributed by atoms with van der Waals surface area (Å²) in [6.07, 6.45) is 4.30. The van der Waals surface area contributed by atoms with Gasteiger partial charge in [0.15, 0.2) is 0 Å². The summed E-state index contributed by atoms with van der Waals surface area (Å²) in [6.45, 7) is 1.76. The van der Waals surface area contributed by atoms with Gasteiger partial charge in [0.25, 0.3) is 5.91 Å². The molecule has 2 rings (SSSR count). The van der Waals surface area contributed by atoms with Gasteiger partial charge < -0.3 is 10.4 Å². The molecule has 0 spiro atoms. The zero-order valence-electron chi connectivity index (χ0n) is 12.0. The van der Waals surface area contributed by atoms with Gasteiger partial charge in [-0.3, -0.25) is 9.59 Å². The van der Waals surface area contributed by atoms with Crippen LogP contribution in [0.3, 0.4) is 0 Å². The molecule has 0 radical (unpaired) electrons. The Morgan fingerprint density at radius 1 is 1.33 bits per heavy atom. The number of carboxylic acids is 1. The van der Waals surface area contributed by atoms with Gasteiger partial charge in [0.05, 0.1) is 12.0 Å². The van der Waals surface area contributed by atoms with E-state index >= 15 is 0 Å². The van der Waals surface area contributed by atoms with Crippen molar-refractivity contribution < 1.29 is 14.7 Å². The predicted octanol–water partition coefficient (Wildman–Crippen LogP) is 2.95. The summed E-state index contributed by atoms with van der Waals surface area (Å²) in [6, 6.07) is 3.15. The van der Waals surface area contributed by atoms with E-state index in [9.17, 15) is 9.59 Å². The highest BCUT2D eigenvalue weighted by molar-refractivity contribution is 6.29. The second-order valence-corrected chi connectivity index (χ2v) is 6.07. The van der Waals surface area contributed by atoms with Crippen LogP contribution in [0.5, 0.6) is 0 Å². The topological polar surface area (TPSA) is 79.3 Å². The molecule has 1 aromatic rings. The highest BCUT2D eigenvalue weighted by Gasteiger charge is 2.36. The van der Waals surface area contributed by atoms with E-state index in [0.717, 1.165) is 19.3 Å². The molecular formula is C15H19ClN2O3. The number of halogens is 1. The molecule has 1 aromatic heterocycles. The SMILES string of the molecule is Cc1cc(C(=O)NC2(CC(=O)O)CCCCC2)cc(Cl)n1. The van der Waals surface area contributed by atoms with Crippen molar-refractivity contribution in [2.75, 3.05) is 0 Å². The van der Waals surface area contributed by atoms with E-state index in [2.05, 4.69) is 10.3 Å². The molecule has 1 amide bonds. The fourth-order valence-corrected chi connectivity index (χ4v) is 3.19. The zero-order chi connectivity index (χ0) is 15.5. The number of nitrogens with zero attached hydrogens (tertiary/aromatic N) is 1. The van der Waals surface area contributed by atoms with Crippen molar-refractivity contribution in [2.24, 2.45) is 0 Å². The van der Waals surface area contributed by atoms with Gasteiger partial charge >= 0.3 is 5.97 Å². The minimum atomic E-state index is -0.888. The zero-order valence-corrected chi connectivity index (χ0v) is 12.7. The molecule has 21 heavy (non-hydrogen) atoms. The molecule has 0 saturated heterocycles. The number of rotatable bonds is 4. The molecule has 0 bridgehead atoms. The van der Waals surface area contributed by atoms with Crippen LogP contribution < -0.4 is 5.32 Å². The Morgan fingerprint density at radius 2 is 2.00 bits per heavy atom. The number of aryl methyl sites for hydroxylation is 1.